The fraction of sp³-hybridized carbons (Fsp3) is 0.650. The van der Waals surface area contributed by atoms with Crippen LogP contribution in [0, 0.1) is 5.92 Å². The number of benzene rings is 1. The maximum atomic E-state index is 12.4. The topological polar surface area (TPSA) is 17.1 Å². The number of carbonyl (C=O) groups excluding carboxylic acids is 1. The first kappa shape index (κ1) is 14.8. The lowest BCUT2D eigenvalue weighted by molar-refractivity contribution is 0.0950. The molecule has 0 heterocycles. The Labute approximate surface area is 129 Å². The van der Waals surface area contributed by atoms with Gasteiger partial charge in [0.15, 0.2) is 5.78 Å². The van der Waals surface area contributed by atoms with Gasteiger partial charge in [-0.15, -0.1) is 0 Å². The highest BCUT2D eigenvalue weighted by Crippen LogP contribution is 2.33. The number of ketones is 1. The molecule has 0 atom stereocenters. The molecule has 2 fully saturated rings. The third kappa shape index (κ3) is 3.96. The molecule has 0 N–H and O–H groups in total. The van der Waals surface area contributed by atoms with E-state index < -0.39 is 0 Å². The zero-order valence-corrected chi connectivity index (χ0v) is 13.2. The summed E-state index contributed by atoms with van der Waals surface area (Å²) in [6, 6.07) is 8.58. The second kappa shape index (κ2) is 7.24. The lowest BCUT2D eigenvalue weighted by atomic mass is 9.83. The predicted molar refractivity (Wildman–Crippen MR) is 87.8 cm³/mol. The molecule has 0 spiro atoms. The van der Waals surface area contributed by atoms with Crippen LogP contribution in [-0.2, 0) is 0 Å². The van der Waals surface area contributed by atoms with Gasteiger partial charge in [-0.2, -0.15) is 0 Å². The van der Waals surface area contributed by atoms with Gasteiger partial charge in [0, 0.05) is 12.0 Å². The van der Waals surface area contributed by atoms with E-state index in [0.29, 0.717) is 11.7 Å². The Hall–Kier alpha value is -1.11. The minimum Gasteiger partial charge on any atom is -0.294 e. The molecule has 0 radical (unpaired) electrons. The minimum atomic E-state index is 0.358. The van der Waals surface area contributed by atoms with Crippen molar-refractivity contribution in [2.45, 2.75) is 76.5 Å². The first-order chi connectivity index (χ1) is 10.3. The molecule has 114 valence electrons. The number of carbonyl (C=O) groups is 1. The summed E-state index contributed by atoms with van der Waals surface area (Å²) in [5, 5.41) is 0. The Kier molecular flexibility index (Phi) is 5.11. The summed E-state index contributed by atoms with van der Waals surface area (Å²) in [6.07, 6.45) is 14.1. The largest absolute Gasteiger partial charge is 0.294 e. The first-order valence-corrected chi connectivity index (χ1v) is 8.96. The van der Waals surface area contributed by atoms with Crippen LogP contribution < -0.4 is 0 Å². The van der Waals surface area contributed by atoms with Gasteiger partial charge in [0.05, 0.1) is 0 Å². The highest BCUT2D eigenvalue weighted by atomic mass is 16.1. The van der Waals surface area contributed by atoms with Crippen LogP contribution in [0.3, 0.4) is 0 Å². The van der Waals surface area contributed by atoms with Crippen molar-refractivity contribution >= 4 is 5.78 Å². The van der Waals surface area contributed by atoms with Gasteiger partial charge in [-0.1, -0.05) is 75.6 Å². The molecule has 1 aromatic rings. The summed E-state index contributed by atoms with van der Waals surface area (Å²) in [6.45, 7) is 0. The molecule has 1 nitrogen and oxygen atoms in total. The Morgan fingerprint density at radius 1 is 0.810 bits per heavy atom. The molecular formula is C20H28O. The Balaban J connectivity index is 1.58. The van der Waals surface area contributed by atoms with Gasteiger partial charge in [0.25, 0.3) is 0 Å². The molecule has 2 aliphatic rings. The van der Waals surface area contributed by atoms with E-state index in [1.54, 1.807) is 0 Å². The van der Waals surface area contributed by atoms with E-state index >= 15 is 0 Å². The van der Waals surface area contributed by atoms with Crippen molar-refractivity contribution in [2.75, 3.05) is 0 Å². The van der Waals surface area contributed by atoms with E-state index in [9.17, 15) is 4.79 Å². The molecule has 0 aliphatic heterocycles. The van der Waals surface area contributed by atoms with Crippen molar-refractivity contribution in [3.8, 4) is 0 Å². The van der Waals surface area contributed by atoms with E-state index in [1.807, 2.05) is 0 Å². The summed E-state index contributed by atoms with van der Waals surface area (Å²) >= 11 is 0. The van der Waals surface area contributed by atoms with Gasteiger partial charge >= 0.3 is 0 Å². The van der Waals surface area contributed by atoms with Crippen molar-refractivity contribution in [3.05, 3.63) is 35.4 Å². The maximum Gasteiger partial charge on any atom is 0.163 e. The van der Waals surface area contributed by atoms with E-state index in [1.165, 1.54) is 69.8 Å². The molecular weight excluding hydrogens is 256 g/mol. The van der Waals surface area contributed by atoms with Gasteiger partial charge in [-0.05, 0) is 30.2 Å². The number of hydrogen-bond acceptors (Lipinski definition) is 1. The fourth-order valence-corrected chi connectivity index (χ4v) is 4.15. The number of hydrogen-bond donors (Lipinski definition) is 0. The van der Waals surface area contributed by atoms with Gasteiger partial charge < -0.3 is 0 Å². The molecule has 21 heavy (non-hydrogen) atoms. The molecule has 2 aliphatic carbocycles. The number of Topliss-reactive ketones (excluding diaryl/α,β-unsaturated/α-hetero) is 1. The van der Waals surface area contributed by atoms with Crippen LogP contribution >= 0.6 is 0 Å². The molecule has 0 unspecified atom stereocenters. The van der Waals surface area contributed by atoms with Crippen molar-refractivity contribution in [2.24, 2.45) is 5.92 Å². The summed E-state index contributed by atoms with van der Waals surface area (Å²) < 4.78 is 0. The Morgan fingerprint density at radius 2 is 1.38 bits per heavy atom. The Bertz CT molecular complexity index is 447. The van der Waals surface area contributed by atoms with Crippen molar-refractivity contribution in [1.82, 2.24) is 0 Å². The average Bonchev–Trinajstić information content (AvgIpc) is 2.57. The summed E-state index contributed by atoms with van der Waals surface area (Å²) in [5.74, 6) is 1.74. The Morgan fingerprint density at radius 3 is 2.00 bits per heavy atom. The second-order valence-electron chi connectivity index (χ2n) is 7.09. The van der Waals surface area contributed by atoms with Gasteiger partial charge in [-0.3, -0.25) is 4.79 Å². The predicted octanol–water partition coefficient (Wildman–Crippen LogP) is 5.89. The molecule has 0 amide bonds. The summed E-state index contributed by atoms with van der Waals surface area (Å²) in [4.78, 5) is 12.4. The minimum absolute atomic E-state index is 0.358. The van der Waals surface area contributed by atoms with Crippen molar-refractivity contribution in [3.63, 3.8) is 0 Å². The normalized spacial score (nSPS) is 21.3. The van der Waals surface area contributed by atoms with E-state index in [-0.39, 0.29) is 0 Å². The maximum absolute atomic E-state index is 12.4. The van der Waals surface area contributed by atoms with Crippen LogP contribution in [0.5, 0.6) is 0 Å². The monoisotopic (exact) mass is 284 g/mol. The molecule has 3 rings (SSSR count). The van der Waals surface area contributed by atoms with E-state index in [0.717, 1.165) is 17.9 Å². The van der Waals surface area contributed by atoms with Gasteiger partial charge in [-0.25, -0.2) is 0 Å². The highest BCUT2D eigenvalue weighted by Gasteiger charge is 2.19. The fourth-order valence-electron chi connectivity index (χ4n) is 4.15. The lowest BCUT2D eigenvalue weighted by Gasteiger charge is -2.22. The van der Waals surface area contributed by atoms with Crippen LogP contribution in [0.15, 0.2) is 24.3 Å². The van der Waals surface area contributed by atoms with Gasteiger partial charge in [0.1, 0.15) is 0 Å². The quantitative estimate of drug-likeness (QED) is 0.630. The smallest absolute Gasteiger partial charge is 0.163 e. The molecule has 0 bridgehead atoms. The first-order valence-electron chi connectivity index (χ1n) is 8.96. The van der Waals surface area contributed by atoms with Crippen LogP contribution in [0.2, 0.25) is 0 Å². The standard InChI is InChI=1S/C20H28O/c21-20(15-16-7-3-1-4-8-16)19-13-11-18(12-14-19)17-9-5-2-6-10-17/h11-14,16-17H,1-10,15H2. The third-order valence-corrected chi connectivity index (χ3v) is 5.51. The van der Waals surface area contributed by atoms with E-state index in [4.69, 9.17) is 0 Å². The average molecular weight is 284 g/mol. The van der Waals surface area contributed by atoms with Crippen LogP contribution in [-0.4, -0.2) is 5.78 Å². The number of rotatable bonds is 4. The SMILES string of the molecule is O=C(CC1CCCCC1)c1ccc(C2CCCCC2)cc1. The van der Waals surface area contributed by atoms with Crippen molar-refractivity contribution in [1.29, 1.82) is 0 Å². The van der Waals surface area contributed by atoms with Crippen LogP contribution in [0.4, 0.5) is 0 Å². The third-order valence-electron chi connectivity index (χ3n) is 5.51. The lowest BCUT2D eigenvalue weighted by Crippen LogP contribution is -2.12. The molecule has 1 heteroatoms. The van der Waals surface area contributed by atoms with Crippen LogP contribution in [0.25, 0.3) is 0 Å². The van der Waals surface area contributed by atoms with Crippen molar-refractivity contribution < 1.29 is 4.79 Å². The molecule has 0 saturated heterocycles. The zero-order chi connectivity index (χ0) is 14.5. The van der Waals surface area contributed by atoms with Gasteiger partial charge in [0.2, 0.25) is 0 Å². The zero-order valence-electron chi connectivity index (χ0n) is 13.2. The molecule has 1 aromatic carbocycles. The summed E-state index contributed by atoms with van der Waals surface area (Å²) in [7, 11) is 0. The van der Waals surface area contributed by atoms with E-state index in [2.05, 4.69) is 24.3 Å². The molecule has 0 aromatic heterocycles. The second-order valence-corrected chi connectivity index (χ2v) is 7.09. The molecule has 2 saturated carbocycles. The van der Waals surface area contributed by atoms with Crippen LogP contribution in [0.1, 0.15) is 92.5 Å². The highest BCUT2D eigenvalue weighted by molar-refractivity contribution is 5.96. The summed E-state index contributed by atoms with van der Waals surface area (Å²) in [5.41, 5.74) is 2.38.